The molecule has 3 nitrogen and oxygen atoms in total. The van der Waals surface area contributed by atoms with Crippen LogP contribution in [-0.4, -0.2) is 22.9 Å². The predicted octanol–water partition coefficient (Wildman–Crippen LogP) is 3.97. The molecule has 1 aromatic heterocycles. The first-order valence-corrected chi connectivity index (χ1v) is 7.84. The number of carbonyl (C=O) groups excluding carboxylic acids is 1. The monoisotopic (exact) mass is 299 g/mol. The number of amides is 1. The lowest BCUT2D eigenvalue weighted by Gasteiger charge is -2.38. The van der Waals surface area contributed by atoms with E-state index in [-0.39, 0.29) is 23.8 Å². The smallest absolute Gasteiger partial charge is 0.290 e. The Bertz CT molecular complexity index is 651. The fourth-order valence-corrected chi connectivity index (χ4v) is 4.04. The molecule has 1 amide bonds. The van der Waals surface area contributed by atoms with E-state index in [4.69, 9.17) is 4.42 Å². The number of halogens is 1. The van der Waals surface area contributed by atoms with E-state index in [1.807, 2.05) is 17.0 Å². The third kappa shape index (κ3) is 2.23. The van der Waals surface area contributed by atoms with Crippen LogP contribution in [0.1, 0.15) is 47.7 Å². The summed E-state index contributed by atoms with van der Waals surface area (Å²) in [5.74, 6) is 0.656. The lowest BCUT2D eigenvalue weighted by atomic mass is 9.85. The van der Waals surface area contributed by atoms with Crippen molar-refractivity contribution in [3.63, 3.8) is 0 Å². The molecule has 0 N–H and O–H groups in total. The summed E-state index contributed by atoms with van der Waals surface area (Å²) >= 11 is 0. The van der Waals surface area contributed by atoms with E-state index in [2.05, 4.69) is 0 Å². The number of hydrogen-bond acceptors (Lipinski definition) is 2. The number of piperidine rings is 1. The van der Waals surface area contributed by atoms with Crippen molar-refractivity contribution in [1.29, 1.82) is 0 Å². The molecule has 0 spiro atoms. The van der Waals surface area contributed by atoms with Gasteiger partial charge in [-0.2, -0.15) is 0 Å². The van der Waals surface area contributed by atoms with Gasteiger partial charge in [0, 0.05) is 12.1 Å². The van der Waals surface area contributed by atoms with Crippen LogP contribution in [0.2, 0.25) is 0 Å². The fourth-order valence-electron chi connectivity index (χ4n) is 4.04. The lowest BCUT2D eigenvalue weighted by Crippen LogP contribution is -2.45. The summed E-state index contributed by atoms with van der Waals surface area (Å²) in [6, 6.07) is 10.8. The second-order valence-corrected chi connectivity index (χ2v) is 6.29. The zero-order valence-corrected chi connectivity index (χ0v) is 12.2. The molecule has 2 aliphatic rings. The summed E-state index contributed by atoms with van der Waals surface area (Å²) in [6.07, 6.45) is 5.55. The molecule has 2 unspecified atom stereocenters. The van der Waals surface area contributed by atoms with Crippen molar-refractivity contribution in [3.8, 4) is 0 Å². The van der Waals surface area contributed by atoms with Gasteiger partial charge in [-0.25, -0.2) is 4.39 Å². The van der Waals surface area contributed by atoms with E-state index in [0.29, 0.717) is 11.7 Å². The molecule has 3 heterocycles. The molecule has 0 radical (unpaired) electrons. The Morgan fingerprint density at radius 3 is 2.36 bits per heavy atom. The van der Waals surface area contributed by atoms with Crippen molar-refractivity contribution in [2.24, 2.45) is 0 Å². The second kappa shape index (κ2) is 5.27. The predicted molar refractivity (Wildman–Crippen MR) is 80.1 cm³/mol. The fraction of sp³-hybridized carbons (Fsp3) is 0.389. The van der Waals surface area contributed by atoms with Crippen molar-refractivity contribution in [2.45, 2.75) is 43.7 Å². The average molecular weight is 299 g/mol. The van der Waals surface area contributed by atoms with Crippen LogP contribution in [0.25, 0.3) is 0 Å². The number of hydrogen-bond donors (Lipinski definition) is 0. The molecule has 0 aliphatic carbocycles. The van der Waals surface area contributed by atoms with Gasteiger partial charge in [-0.1, -0.05) is 12.1 Å². The molecule has 114 valence electrons. The van der Waals surface area contributed by atoms with Crippen LogP contribution < -0.4 is 0 Å². The van der Waals surface area contributed by atoms with Crippen molar-refractivity contribution in [2.75, 3.05) is 0 Å². The second-order valence-electron chi connectivity index (χ2n) is 6.29. The molecule has 2 aliphatic heterocycles. The van der Waals surface area contributed by atoms with Crippen LogP contribution >= 0.6 is 0 Å². The lowest BCUT2D eigenvalue weighted by molar-refractivity contribution is 0.0539. The molecule has 2 fully saturated rings. The first-order valence-electron chi connectivity index (χ1n) is 7.84. The molecule has 1 aromatic carbocycles. The summed E-state index contributed by atoms with van der Waals surface area (Å²) in [7, 11) is 0. The summed E-state index contributed by atoms with van der Waals surface area (Å²) in [4.78, 5) is 14.6. The van der Waals surface area contributed by atoms with E-state index in [9.17, 15) is 9.18 Å². The Balaban J connectivity index is 1.54. The largest absolute Gasteiger partial charge is 0.459 e. The maximum absolute atomic E-state index is 13.1. The molecule has 4 heteroatoms. The number of carbonyl (C=O) groups is 1. The third-order valence-corrected chi connectivity index (χ3v) is 5.04. The van der Waals surface area contributed by atoms with E-state index in [1.165, 1.54) is 17.7 Å². The normalized spacial score (nSPS) is 27.1. The number of furan rings is 1. The number of nitrogens with zero attached hydrogens (tertiary/aromatic N) is 1. The molecule has 0 saturated carbocycles. The highest BCUT2D eigenvalue weighted by Gasteiger charge is 2.44. The third-order valence-electron chi connectivity index (χ3n) is 5.04. The number of rotatable bonds is 2. The summed E-state index contributed by atoms with van der Waals surface area (Å²) in [6.45, 7) is 0. The molecule has 2 bridgehead atoms. The van der Waals surface area contributed by atoms with Gasteiger partial charge in [0.15, 0.2) is 5.76 Å². The Kier molecular flexibility index (Phi) is 3.25. The van der Waals surface area contributed by atoms with Gasteiger partial charge in [0.1, 0.15) is 5.82 Å². The van der Waals surface area contributed by atoms with E-state index >= 15 is 0 Å². The van der Waals surface area contributed by atoms with Gasteiger partial charge >= 0.3 is 0 Å². The molecular weight excluding hydrogens is 281 g/mol. The zero-order valence-electron chi connectivity index (χ0n) is 12.2. The highest BCUT2D eigenvalue weighted by molar-refractivity contribution is 5.92. The Morgan fingerprint density at radius 2 is 1.77 bits per heavy atom. The zero-order chi connectivity index (χ0) is 15.1. The summed E-state index contributed by atoms with van der Waals surface area (Å²) in [5.41, 5.74) is 1.18. The molecular formula is C18H18FNO2. The van der Waals surface area contributed by atoms with Gasteiger partial charge < -0.3 is 9.32 Å². The van der Waals surface area contributed by atoms with Gasteiger partial charge in [-0.3, -0.25) is 4.79 Å². The minimum Gasteiger partial charge on any atom is -0.459 e. The Morgan fingerprint density at radius 1 is 1.09 bits per heavy atom. The van der Waals surface area contributed by atoms with Gasteiger partial charge in [-0.05, 0) is 61.4 Å². The summed E-state index contributed by atoms with van der Waals surface area (Å²) < 4.78 is 18.3. The first-order chi connectivity index (χ1) is 10.7. The number of benzene rings is 1. The molecule has 2 saturated heterocycles. The number of fused-ring (bicyclic) bond motifs is 2. The van der Waals surface area contributed by atoms with Crippen LogP contribution in [0.5, 0.6) is 0 Å². The van der Waals surface area contributed by atoms with Crippen molar-refractivity contribution in [1.82, 2.24) is 4.90 Å². The minimum atomic E-state index is -0.197. The van der Waals surface area contributed by atoms with E-state index in [0.717, 1.165) is 25.7 Å². The topological polar surface area (TPSA) is 33.5 Å². The highest BCUT2D eigenvalue weighted by Crippen LogP contribution is 2.43. The molecule has 22 heavy (non-hydrogen) atoms. The van der Waals surface area contributed by atoms with Crippen molar-refractivity contribution < 1.29 is 13.6 Å². The van der Waals surface area contributed by atoms with Crippen molar-refractivity contribution in [3.05, 3.63) is 59.8 Å². The van der Waals surface area contributed by atoms with Crippen LogP contribution in [0, 0.1) is 5.82 Å². The van der Waals surface area contributed by atoms with Gasteiger partial charge in [0.25, 0.3) is 5.91 Å². The van der Waals surface area contributed by atoms with E-state index in [1.54, 1.807) is 18.4 Å². The first kappa shape index (κ1) is 13.6. The quantitative estimate of drug-likeness (QED) is 0.840. The van der Waals surface area contributed by atoms with Crippen LogP contribution in [0.4, 0.5) is 4.39 Å². The van der Waals surface area contributed by atoms with Gasteiger partial charge in [0.2, 0.25) is 0 Å². The van der Waals surface area contributed by atoms with Crippen molar-refractivity contribution >= 4 is 5.91 Å². The molecule has 4 rings (SSSR count). The van der Waals surface area contributed by atoms with Gasteiger partial charge in [0.05, 0.1) is 6.26 Å². The molecule has 2 atom stereocenters. The SMILES string of the molecule is O=C(c1ccco1)N1C2CCC1CC(c1ccc(F)cc1)C2. The van der Waals surface area contributed by atoms with E-state index < -0.39 is 0 Å². The average Bonchev–Trinajstić information content (AvgIpc) is 3.14. The van der Waals surface area contributed by atoms with Crippen LogP contribution in [-0.2, 0) is 0 Å². The van der Waals surface area contributed by atoms with Crippen LogP contribution in [0.15, 0.2) is 47.1 Å². The maximum Gasteiger partial charge on any atom is 0.290 e. The highest BCUT2D eigenvalue weighted by atomic mass is 19.1. The van der Waals surface area contributed by atoms with Crippen LogP contribution in [0.3, 0.4) is 0 Å². The van der Waals surface area contributed by atoms with Gasteiger partial charge in [-0.15, -0.1) is 0 Å². The Labute approximate surface area is 128 Å². The standard InChI is InChI=1S/C18H18FNO2/c19-14-5-3-12(4-6-14)13-10-15-7-8-16(11-13)20(15)18(21)17-2-1-9-22-17/h1-6,9,13,15-16H,7-8,10-11H2. The summed E-state index contributed by atoms with van der Waals surface area (Å²) in [5, 5.41) is 0. The minimum absolute atomic E-state index is 0.00931. The Hall–Kier alpha value is -2.10. The molecule has 2 aromatic rings. The maximum atomic E-state index is 13.1.